The first-order valence-electron chi connectivity index (χ1n) is 6.71. The van der Waals surface area contributed by atoms with Crippen molar-refractivity contribution >= 4 is 5.91 Å². The summed E-state index contributed by atoms with van der Waals surface area (Å²) in [6.07, 6.45) is 5.12. The van der Waals surface area contributed by atoms with E-state index in [1.807, 2.05) is 18.2 Å². The van der Waals surface area contributed by atoms with Gasteiger partial charge in [0.05, 0.1) is 7.11 Å². The molecule has 3 heteroatoms. The third kappa shape index (κ3) is 2.09. The number of carbonyl (C=O) groups excluding carboxylic acids is 1. The number of fused-ring (bicyclic) bond motifs is 2. The third-order valence-electron chi connectivity index (χ3n) is 4.39. The zero-order chi connectivity index (χ0) is 12.5. The van der Waals surface area contributed by atoms with Crippen LogP contribution in [0.25, 0.3) is 0 Å². The van der Waals surface area contributed by atoms with Crippen LogP contribution in [-0.2, 0) is 0 Å². The first-order chi connectivity index (χ1) is 8.76. The van der Waals surface area contributed by atoms with E-state index in [0.717, 1.165) is 11.7 Å². The summed E-state index contributed by atoms with van der Waals surface area (Å²) in [6.45, 7) is 0. The summed E-state index contributed by atoms with van der Waals surface area (Å²) >= 11 is 0. The van der Waals surface area contributed by atoms with Gasteiger partial charge in [-0.25, -0.2) is 0 Å². The molecule has 2 saturated carbocycles. The van der Waals surface area contributed by atoms with Crippen LogP contribution >= 0.6 is 0 Å². The van der Waals surface area contributed by atoms with Gasteiger partial charge >= 0.3 is 0 Å². The maximum absolute atomic E-state index is 12.2. The predicted octanol–water partition coefficient (Wildman–Crippen LogP) is 2.61. The minimum absolute atomic E-state index is 0.0338. The van der Waals surface area contributed by atoms with Crippen LogP contribution in [-0.4, -0.2) is 19.1 Å². The molecule has 18 heavy (non-hydrogen) atoms. The molecule has 0 aliphatic heterocycles. The Hall–Kier alpha value is -1.51. The molecule has 1 amide bonds. The Bertz CT molecular complexity index is 458. The first kappa shape index (κ1) is 11.6. The fourth-order valence-electron chi connectivity index (χ4n) is 3.44. The lowest BCUT2D eigenvalue weighted by Gasteiger charge is -2.22. The molecule has 0 aromatic heterocycles. The molecular weight excluding hydrogens is 226 g/mol. The number of methoxy groups -OCH3 is 1. The van der Waals surface area contributed by atoms with Crippen LogP contribution in [0.4, 0.5) is 0 Å². The highest BCUT2D eigenvalue weighted by atomic mass is 16.5. The van der Waals surface area contributed by atoms with Crippen LogP contribution in [0.3, 0.4) is 0 Å². The molecule has 1 aromatic carbocycles. The minimum Gasteiger partial charge on any atom is -0.497 e. The standard InChI is InChI=1S/C15H19NO2/c1-18-13-4-2-3-12(9-13)15(17)16-14-8-10-5-6-11(14)7-10/h2-4,9-11,14H,5-8H2,1H3,(H,16,17)/t10-,11+,14+/m0/s1. The van der Waals surface area contributed by atoms with Crippen LogP contribution in [0.2, 0.25) is 0 Å². The van der Waals surface area contributed by atoms with Crippen LogP contribution < -0.4 is 10.1 Å². The molecule has 2 aliphatic carbocycles. The molecule has 0 saturated heterocycles. The zero-order valence-electron chi connectivity index (χ0n) is 10.7. The van der Waals surface area contributed by atoms with Crippen molar-refractivity contribution in [3.63, 3.8) is 0 Å². The van der Waals surface area contributed by atoms with Crippen molar-refractivity contribution in [1.29, 1.82) is 0 Å². The van der Waals surface area contributed by atoms with Gasteiger partial charge in [0.2, 0.25) is 0 Å². The molecule has 3 nitrogen and oxygen atoms in total. The van der Waals surface area contributed by atoms with Crippen molar-refractivity contribution in [3.05, 3.63) is 29.8 Å². The average molecular weight is 245 g/mol. The lowest BCUT2D eigenvalue weighted by molar-refractivity contribution is 0.0922. The second kappa shape index (κ2) is 4.63. The Morgan fingerprint density at radius 2 is 2.22 bits per heavy atom. The summed E-state index contributed by atoms with van der Waals surface area (Å²) in [5.41, 5.74) is 0.692. The number of amides is 1. The summed E-state index contributed by atoms with van der Waals surface area (Å²) in [6, 6.07) is 7.73. The molecule has 1 aromatic rings. The summed E-state index contributed by atoms with van der Waals surface area (Å²) in [5, 5.41) is 3.18. The van der Waals surface area contributed by atoms with E-state index in [4.69, 9.17) is 4.74 Å². The summed E-state index contributed by atoms with van der Waals surface area (Å²) in [5.74, 6) is 2.33. The molecule has 1 N–H and O–H groups in total. The summed E-state index contributed by atoms with van der Waals surface area (Å²) in [4.78, 5) is 12.2. The van der Waals surface area contributed by atoms with Gasteiger partial charge in [-0.15, -0.1) is 0 Å². The maximum Gasteiger partial charge on any atom is 0.251 e. The number of rotatable bonds is 3. The molecule has 0 heterocycles. The van der Waals surface area contributed by atoms with Crippen LogP contribution in [0.1, 0.15) is 36.0 Å². The highest BCUT2D eigenvalue weighted by Crippen LogP contribution is 2.44. The van der Waals surface area contributed by atoms with E-state index in [2.05, 4.69) is 5.32 Å². The molecule has 3 rings (SSSR count). The van der Waals surface area contributed by atoms with Gasteiger partial charge in [-0.1, -0.05) is 12.5 Å². The van der Waals surface area contributed by atoms with E-state index in [-0.39, 0.29) is 5.91 Å². The third-order valence-corrected chi connectivity index (χ3v) is 4.39. The SMILES string of the molecule is COc1cccc(C(=O)N[C@@H]2C[C@H]3CC[C@@H]2C3)c1. The summed E-state index contributed by atoms with van der Waals surface area (Å²) in [7, 11) is 1.62. The monoisotopic (exact) mass is 245 g/mol. The molecule has 0 spiro atoms. The number of ether oxygens (including phenoxy) is 1. The topological polar surface area (TPSA) is 38.3 Å². The molecule has 2 bridgehead atoms. The van der Waals surface area contributed by atoms with E-state index in [1.54, 1.807) is 13.2 Å². The van der Waals surface area contributed by atoms with Crippen molar-refractivity contribution in [2.75, 3.05) is 7.11 Å². The number of hydrogen-bond acceptors (Lipinski definition) is 2. The van der Waals surface area contributed by atoms with Gasteiger partial charge < -0.3 is 10.1 Å². The zero-order valence-corrected chi connectivity index (χ0v) is 10.7. The van der Waals surface area contributed by atoms with Crippen molar-refractivity contribution < 1.29 is 9.53 Å². The Morgan fingerprint density at radius 1 is 1.33 bits per heavy atom. The van der Waals surface area contributed by atoms with Crippen molar-refractivity contribution in [2.45, 2.75) is 31.7 Å². The number of carbonyl (C=O) groups is 1. The maximum atomic E-state index is 12.2. The number of hydrogen-bond donors (Lipinski definition) is 1. The van der Waals surface area contributed by atoms with Crippen LogP contribution in [0.15, 0.2) is 24.3 Å². The first-order valence-corrected chi connectivity index (χ1v) is 6.71. The quantitative estimate of drug-likeness (QED) is 0.889. The Morgan fingerprint density at radius 3 is 2.89 bits per heavy atom. The van der Waals surface area contributed by atoms with Gasteiger partial charge in [0.1, 0.15) is 5.75 Å². The molecule has 2 fully saturated rings. The van der Waals surface area contributed by atoms with E-state index < -0.39 is 0 Å². The highest BCUT2D eigenvalue weighted by molar-refractivity contribution is 5.94. The van der Waals surface area contributed by atoms with Gasteiger partial charge in [0, 0.05) is 11.6 Å². The second-order valence-electron chi connectivity index (χ2n) is 5.49. The molecule has 3 atom stereocenters. The smallest absolute Gasteiger partial charge is 0.251 e. The second-order valence-corrected chi connectivity index (χ2v) is 5.49. The predicted molar refractivity (Wildman–Crippen MR) is 69.7 cm³/mol. The van der Waals surface area contributed by atoms with Gasteiger partial charge in [-0.05, 0) is 49.3 Å². The highest BCUT2D eigenvalue weighted by Gasteiger charge is 2.40. The van der Waals surface area contributed by atoms with Crippen molar-refractivity contribution in [1.82, 2.24) is 5.32 Å². The lowest BCUT2D eigenvalue weighted by atomic mass is 9.95. The van der Waals surface area contributed by atoms with Gasteiger partial charge in [-0.3, -0.25) is 4.79 Å². The average Bonchev–Trinajstić information content (AvgIpc) is 3.01. The van der Waals surface area contributed by atoms with Crippen LogP contribution in [0.5, 0.6) is 5.75 Å². The van der Waals surface area contributed by atoms with Crippen LogP contribution in [0, 0.1) is 11.8 Å². The Kier molecular flexibility index (Phi) is 2.98. The van der Waals surface area contributed by atoms with Gasteiger partial charge in [-0.2, -0.15) is 0 Å². The molecule has 0 unspecified atom stereocenters. The van der Waals surface area contributed by atoms with Gasteiger partial charge in [0.15, 0.2) is 0 Å². The fraction of sp³-hybridized carbons (Fsp3) is 0.533. The Labute approximate surface area is 108 Å². The molecule has 96 valence electrons. The van der Waals surface area contributed by atoms with Crippen molar-refractivity contribution in [3.8, 4) is 5.75 Å². The molecule has 0 radical (unpaired) electrons. The number of nitrogens with one attached hydrogen (secondary N) is 1. The normalized spacial score (nSPS) is 29.3. The summed E-state index contributed by atoms with van der Waals surface area (Å²) < 4.78 is 5.14. The molecule has 2 aliphatic rings. The lowest BCUT2D eigenvalue weighted by Crippen LogP contribution is -2.38. The van der Waals surface area contributed by atoms with E-state index in [0.29, 0.717) is 17.5 Å². The largest absolute Gasteiger partial charge is 0.497 e. The Balaban J connectivity index is 1.67. The number of benzene rings is 1. The van der Waals surface area contributed by atoms with E-state index >= 15 is 0 Å². The fourth-order valence-corrected chi connectivity index (χ4v) is 3.44. The molecular formula is C15H19NO2. The van der Waals surface area contributed by atoms with E-state index in [1.165, 1.54) is 25.7 Å². The van der Waals surface area contributed by atoms with E-state index in [9.17, 15) is 4.79 Å². The van der Waals surface area contributed by atoms with Gasteiger partial charge in [0.25, 0.3) is 5.91 Å². The minimum atomic E-state index is 0.0338. The van der Waals surface area contributed by atoms with Crippen molar-refractivity contribution in [2.24, 2.45) is 11.8 Å².